The number of aryl methyl sites for hydroxylation is 4. The van der Waals surface area contributed by atoms with Gasteiger partial charge in [-0.25, -0.2) is 0 Å². The van der Waals surface area contributed by atoms with Crippen LogP contribution >= 0.6 is 12.2 Å². The molecule has 0 aliphatic rings. The summed E-state index contributed by atoms with van der Waals surface area (Å²) < 4.78 is 6.87. The lowest BCUT2D eigenvalue weighted by molar-refractivity contribution is 0.392. The number of anilines is 1. The molecule has 0 unspecified atom stereocenters. The summed E-state index contributed by atoms with van der Waals surface area (Å²) >= 11 is 5.07. The summed E-state index contributed by atoms with van der Waals surface area (Å²) in [6.45, 7) is 6.28. The molecule has 0 bridgehead atoms. The molecule has 0 amide bonds. The molecule has 0 fully saturated rings. The first-order valence-corrected chi connectivity index (χ1v) is 6.31. The van der Waals surface area contributed by atoms with Gasteiger partial charge in [0.25, 0.3) is 0 Å². The van der Waals surface area contributed by atoms with E-state index in [1.54, 1.807) is 4.68 Å². The van der Waals surface area contributed by atoms with E-state index in [9.17, 15) is 0 Å². The van der Waals surface area contributed by atoms with E-state index in [-0.39, 0.29) is 0 Å². The number of rotatable bonds is 4. The molecule has 0 saturated carbocycles. The van der Waals surface area contributed by atoms with Gasteiger partial charge in [0.1, 0.15) is 16.6 Å². The molecule has 0 radical (unpaired) electrons. The Hall–Kier alpha value is -1.89. The summed E-state index contributed by atoms with van der Waals surface area (Å²) in [6.07, 6.45) is 0. The summed E-state index contributed by atoms with van der Waals surface area (Å²) in [6, 6.07) is 0. The molecule has 0 aliphatic carbocycles. The summed E-state index contributed by atoms with van der Waals surface area (Å²) in [5, 5.41) is 11.6. The van der Waals surface area contributed by atoms with Crippen LogP contribution in [0, 0.1) is 20.8 Å². The van der Waals surface area contributed by atoms with Crippen molar-refractivity contribution in [2.45, 2.75) is 27.3 Å². The van der Waals surface area contributed by atoms with Crippen LogP contribution in [0.3, 0.4) is 0 Å². The van der Waals surface area contributed by atoms with Crippen LogP contribution < -0.4 is 11.1 Å². The van der Waals surface area contributed by atoms with Gasteiger partial charge in [-0.2, -0.15) is 5.10 Å². The minimum absolute atomic E-state index is 0.340. The zero-order valence-corrected chi connectivity index (χ0v) is 12.3. The molecule has 7 heteroatoms. The van der Waals surface area contributed by atoms with Gasteiger partial charge < -0.3 is 15.6 Å². The van der Waals surface area contributed by atoms with Crippen molar-refractivity contribution >= 4 is 23.0 Å². The van der Waals surface area contributed by atoms with Crippen molar-refractivity contribution in [3.05, 3.63) is 28.3 Å². The largest absolute Gasteiger partial charge is 0.389 e. The SMILES string of the molecule is Cc1noc(C)c1CNc1c(C(N)=S)c(C)nn1C. The maximum Gasteiger partial charge on any atom is 0.138 e. The van der Waals surface area contributed by atoms with Crippen LogP contribution in [-0.4, -0.2) is 19.9 Å². The third-order valence-corrected chi connectivity index (χ3v) is 3.29. The van der Waals surface area contributed by atoms with E-state index in [1.165, 1.54) is 0 Å². The fourth-order valence-electron chi connectivity index (χ4n) is 2.08. The number of nitrogens with zero attached hydrogens (tertiary/aromatic N) is 3. The van der Waals surface area contributed by atoms with Crippen molar-refractivity contribution in [2.24, 2.45) is 12.8 Å². The zero-order valence-electron chi connectivity index (χ0n) is 11.4. The lowest BCUT2D eigenvalue weighted by Crippen LogP contribution is -2.14. The fourth-order valence-corrected chi connectivity index (χ4v) is 2.33. The molecule has 3 N–H and O–H groups in total. The van der Waals surface area contributed by atoms with Gasteiger partial charge in [0.05, 0.1) is 17.0 Å². The number of nitrogens with one attached hydrogen (secondary N) is 1. The first kappa shape index (κ1) is 13.5. The second kappa shape index (κ2) is 5.00. The third-order valence-electron chi connectivity index (χ3n) is 3.08. The Labute approximate surface area is 116 Å². The second-order valence-electron chi connectivity index (χ2n) is 4.45. The van der Waals surface area contributed by atoms with Gasteiger partial charge >= 0.3 is 0 Å². The molecule has 0 saturated heterocycles. The maximum atomic E-state index is 5.74. The fraction of sp³-hybridized carbons (Fsp3) is 0.417. The first-order valence-electron chi connectivity index (χ1n) is 5.90. The standard InChI is InChI=1S/C12H17N5OS/c1-6-9(8(3)18-16-6)5-14-12-10(11(13)19)7(2)15-17(12)4/h14H,5H2,1-4H3,(H2,13,19). The number of hydrogen-bond acceptors (Lipinski definition) is 5. The normalized spacial score (nSPS) is 10.7. The number of aromatic nitrogens is 3. The summed E-state index contributed by atoms with van der Waals surface area (Å²) in [7, 11) is 1.85. The van der Waals surface area contributed by atoms with Crippen molar-refractivity contribution in [2.75, 3.05) is 5.32 Å². The molecule has 102 valence electrons. The molecular formula is C12H17N5OS. The van der Waals surface area contributed by atoms with Crippen LogP contribution in [-0.2, 0) is 13.6 Å². The Balaban J connectivity index is 2.27. The molecule has 0 atom stereocenters. The molecule has 19 heavy (non-hydrogen) atoms. The van der Waals surface area contributed by atoms with Crippen molar-refractivity contribution in [3.8, 4) is 0 Å². The van der Waals surface area contributed by atoms with E-state index in [0.717, 1.165) is 34.1 Å². The zero-order chi connectivity index (χ0) is 14.2. The lowest BCUT2D eigenvalue weighted by Gasteiger charge is -2.08. The second-order valence-corrected chi connectivity index (χ2v) is 4.89. The predicted molar refractivity (Wildman–Crippen MR) is 77.1 cm³/mol. The molecule has 0 aromatic carbocycles. The minimum Gasteiger partial charge on any atom is -0.389 e. The third kappa shape index (κ3) is 2.46. The molecule has 2 aromatic rings. The Morgan fingerprint density at radius 1 is 1.37 bits per heavy atom. The highest BCUT2D eigenvalue weighted by molar-refractivity contribution is 7.80. The molecule has 2 heterocycles. The molecular weight excluding hydrogens is 262 g/mol. The van der Waals surface area contributed by atoms with E-state index in [0.29, 0.717) is 11.5 Å². The van der Waals surface area contributed by atoms with Gasteiger partial charge in [-0.3, -0.25) is 4.68 Å². The van der Waals surface area contributed by atoms with Gasteiger partial charge in [-0.1, -0.05) is 17.4 Å². The number of hydrogen-bond donors (Lipinski definition) is 2. The highest BCUT2D eigenvalue weighted by Gasteiger charge is 2.16. The lowest BCUT2D eigenvalue weighted by atomic mass is 10.2. The van der Waals surface area contributed by atoms with Gasteiger partial charge in [-0.15, -0.1) is 0 Å². The van der Waals surface area contributed by atoms with Crippen LogP contribution in [0.1, 0.15) is 28.3 Å². The summed E-state index contributed by atoms with van der Waals surface area (Å²) in [5.41, 5.74) is 9.25. The van der Waals surface area contributed by atoms with Crippen LogP contribution in [0.25, 0.3) is 0 Å². The van der Waals surface area contributed by atoms with Crippen LogP contribution in [0.2, 0.25) is 0 Å². The Kier molecular flexibility index (Phi) is 3.57. The van der Waals surface area contributed by atoms with Gasteiger partial charge in [0, 0.05) is 19.2 Å². The Morgan fingerprint density at radius 2 is 2.05 bits per heavy atom. The monoisotopic (exact) mass is 279 g/mol. The van der Waals surface area contributed by atoms with Crippen molar-refractivity contribution in [3.63, 3.8) is 0 Å². The quantitative estimate of drug-likeness (QED) is 0.827. The van der Waals surface area contributed by atoms with Crippen LogP contribution in [0.5, 0.6) is 0 Å². The molecule has 0 aliphatic heterocycles. The predicted octanol–water partition coefficient (Wildman–Crippen LogP) is 1.58. The van der Waals surface area contributed by atoms with Gasteiger partial charge in [0.15, 0.2) is 0 Å². The molecule has 6 nitrogen and oxygen atoms in total. The molecule has 2 aromatic heterocycles. The van der Waals surface area contributed by atoms with E-state index in [4.69, 9.17) is 22.5 Å². The minimum atomic E-state index is 0.340. The first-order chi connectivity index (χ1) is 8.91. The van der Waals surface area contributed by atoms with Gasteiger partial charge in [-0.05, 0) is 20.8 Å². The van der Waals surface area contributed by atoms with Crippen LogP contribution in [0.15, 0.2) is 4.52 Å². The highest BCUT2D eigenvalue weighted by atomic mass is 32.1. The molecule has 0 spiro atoms. The van der Waals surface area contributed by atoms with E-state index < -0.39 is 0 Å². The van der Waals surface area contributed by atoms with Crippen molar-refractivity contribution in [1.82, 2.24) is 14.9 Å². The highest BCUT2D eigenvalue weighted by Crippen LogP contribution is 2.21. The molecule has 2 rings (SSSR count). The van der Waals surface area contributed by atoms with E-state index >= 15 is 0 Å². The maximum absolute atomic E-state index is 5.74. The topological polar surface area (TPSA) is 81.9 Å². The Bertz CT molecular complexity index is 609. The average Bonchev–Trinajstić information content (AvgIpc) is 2.77. The van der Waals surface area contributed by atoms with Gasteiger partial charge in [0.2, 0.25) is 0 Å². The van der Waals surface area contributed by atoms with E-state index in [2.05, 4.69) is 15.6 Å². The van der Waals surface area contributed by atoms with Crippen LogP contribution in [0.4, 0.5) is 5.82 Å². The number of thiocarbonyl (C=S) groups is 1. The smallest absolute Gasteiger partial charge is 0.138 e. The summed E-state index contributed by atoms with van der Waals surface area (Å²) in [4.78, 5) is 0.340. The van der Waals surface area contributed by atoms with Crippen molar-refractivity contribution in [1.29, 1.82) is 0 Å². The van der Waals surface area contributed by atoms with E-state index in [1.807, 2.05) is 27.8 Å². The average molecular weight is 279 g/mol. The summed E-state index contributed by atoms with van der Waals surface area (Å²) in [5.74, 6) is 1.62. The number of nitrogens with two attached hydrogens (primary N) is 1. The van der Waals surface area contributed by atoms with Crippen molar-refractivity contribution < 1.29 is 4.52 Å². The Morgan fingerprint density at radius 3 is 2.58 bits per heavy atom.